The second-order valence-electron chi connectivity index (χ2n) is 8.44. The highest BCUT2D eigenvalue weighted by atomic mass is 35.5. The van der Waals surface area contributed by atoms with Crippen LogP contribution in [0.3, 0.4) is 0 Å². The quantitative estimate of drug-likeness (QED) is 0.236. The Morgan fingerprint density at radius 2 is 1.79 bits per heavy atom. The van der Waals surface area contributed by atoms with E-state index in [0.717, 1.165) is 42.4 Å². The monoisotopic (exact) mass is 514 g/mol. The zero-order chi connectivity index (χ0) is 26.7. The summed E-state index contributed by atoms with van der Waals surface area (Å²) in [7, 11) is 1.75. The summed E-state index contributed by atoms with van der Waals surface area (Å²) in [5.41, 5.74) is 3.23. The molecule has 0 aliphatic rings. The fraction of sp³-hybridized carbons (Fsp3) is 0.536. The van der Waals surface area contributed by atoms with Crippen molar-refractivity contribution >= 4 is 35.2 Å². The molecule has 0 saturated carbocycles. The summed E-state index contributed by atoms with van der Waals surface area (Å²) < 4.78 is 12.5. The van der Waals surface area contributed by atoms with E-state index in [1.165, 1.54) is 43.2 Å². The van der Waals surface area contributed by atoms with E-state index in [0.29, 0.717) is 5.92 Å². The minimum Gasteiger partial charge on any atom is -0.388 e. The Morgan fingerprint density at radius 3 is 2.18 bits per heavy atom. The predicted octanol–water partition coefficient (Wildman–Crippen LogP) is 9.10. The second kappa shape index (κ2) is 20.6. The summed E-state index contributed by atoms with van der Waals surface area (Å²) in [6.07, 6.45) is 8.30. The first kappa shape index (κ1) is 34.4. The fourth-order valence-corrected chi connectivity index (χ4v) is 3.57. The van der Waals surface area contributed by atoms with Gasteiger partial charge in [-0.05, 0) is 68.7 Å². The van der Waals surface area contributed by atoms with Crippen LogP contribution >= 0.6 is 23.2 Å². The van der Waals surface area contributed by atoms with E-state index >= 15 is 0 Å². The van der Waals surface area contributed by atoms with Crippen LogP contribution in [-0.4, -0.2) is 31.3 Å². The normalized spacial score (nSPS) is 11.6. The largest absolute Gasteiger partial charge is 0.388 e. The van der Waals surface area contributed by atoms with Crippen molar-refractivity contribution in [1.82, 2.24) is 4.90 Å². The van der Waals surface area contributed by atoms with E-state index in [9.17, 15) is 4.39 Å². The van der Waals surface area contributed by atoms with Crippen molar-refractivity contribution in [3.05, 3.63) is 64.1 Å². The molecule has 0 spiro atoms. The standard InChI is InChI=1S/C19H34ClN.C7H7ClFN.C2H4O/c1-8-13-21(14-11-12-15(4)5)19(18(20)10-3)17(9-2)16(6)7;1-10-5-2-3-7(9)6(8)4-5;1-2-3/h9-10,15-16H,2,8,11-14H2,1,3-7H3;2-4,10H,1H3;2H,1H3/b18-10+,19-17-;;. The highest BCUT2D eigenvalue weighted by Crippen LogP contribution is 2.28. The average Bonchev–Trinajstić information content (AvgIpc) is 2.78. The number of rotatable bonds is 11. The Kier molecular flexibility index (Phi) is 20.8. The Morgan fingerprint density at radius 1 is 1.21 bits per heavy atom. The minimum absolute atomic E-state index is 0.145. The van der Waals surface area contributed by atoms with Gasteiger partial charge in [0.15, 0.2) is 0 Å². The maximum absolute atomic E-state index is 12.5. The lowest BCUT2D eigenvalue weighted by molar-refractivity contribution is -0.106. The summed E-state index contributed by atoms with van der Waals surface area (Å²) in [5.74, 6) is 0.790. The van der Waals surface area contributed by atoms with Gasteiger partial charge in [0.1, 0.15) is 12.1 Å². The average molecular weight is 516 g/mol. The van der Waals surface area contributed by atoms with Crippen LogP contribution in [0.15, 0.2) is 53.2 Å². The SMILES string of the molecule is C=C/C(=C(\C(Cl)=C/C)N(CCC)CCCC(C)C)C(C)C.CC=O.CNc1ccc(F)c(Cl)c1. The van der Waals surface area contributed by atoms with Crippen molar-refractivity contribution in [2.45, 2.75) is 67.7 Å². The molecule has 3 nitrogen and oxygen atoms in total. The molecule has 1 rings (SSSR count). The van der Waals surface area contributed by atoms with Crippen LogP contribution in [0.1, 0.15) is 67.7 Å². The first-order chi connectivity index (χ1) is 16.0. The fourth-order valence-electron chi connectivity index (χ4n) is 3.16. The number of carbonyl (C=O) groups is 1. The minimum atomic E-state index is -0.388. The number of carbonyl (C=O) groups excluding carboxylic acids is 1. The van der Waals surface area contributed by atoms with Crippen molar-refractivity contribution in [2.24, 2.45) is 11.8 Å². The van der Waals surface area contributed by atoms with Crippen molar-refractivity contribution < 1.29 is 9.18 Å². The molecular weight excluding hydrogens is 470 g/mol. The number of allylic oxidation sites excluding steroid dienone is 4. The first-order valence-corrected chi connectivity index (χ1v) is 12.8. The maximum Gasteiger partial charge on any atom is 0.141 e. The summed E-state index contributed by atoms with van der Waals surface area (Å²) >= 11 is 12.0. The maximum atomic E-state index is 12.5. The van der Waals surface area contributed by atoms with E-state index in [1.54, 1.807) is 13.1 Å². The van der Waals surface area contributed by atoms with E-state index in [1.807, 2.05) is 19.1 Å². The third-order valence-electron chi connectivity index (χ3n) is 4.82. The molecule has 194 valence electrons. The van der Waals surface area contributed by atoms with Crippen LogP contribution in [0.4, 0.5) is 10.1 Å². The van der Waals surface area contributed by atoms with Gasteiger partial charge in [0.05, 0.1) is 15.8 Å². The molecule has 0 heterocycles. The highest BCUT2D eigenvalue weighted by molar-refractivity contribution is 6.32. The van der Waals surface area contributed by atoms with Crippen LogP contribution in [0.5, 0.6) is 0 Å². The van der Waals surface area contributed by atoms with Crippen molar-refractivity contribution in [3.63, 3.8) is 0 Å². The number of nitrogens with one attached hydrogen (secondary N) is 1. The van der Waals surface area contributed by atoms with Crippen molar-refractivity contribution in [3.8, 4) is 0 Å². The third-order valence-corrected chi connectivity index (χ3v) is 5.51. The zero-order valence-electron chi connectivity index (χ0n) is 22.4. The Bertz CT molecular complexity index is 774. The van der Waals surface area contributed by atoms with Gasteiger partial charge >= 0.3 is 0 Å². The van der Waals surface area contributed by atoms with Gasteiger partial charge in [-0.15, -0.1) is 0 Å². The van der Waals surface area contributed by atoms with Crippen LogP contribution in [0, 0.1) is 17.7 Å². The van der Waals surface area contributed by atoms with E-state index in [2.05, 4.69) is 51.4 Å². The van der Waals surface area contributed by atoms with Gasteiger partial charge in [-0.3, -0.25) is 0 Å². The highest BCUT2D eigenvalue weighted by Gasteiger charge is 2.17. The Balaban J connectivity index is 0. The van der Waals surface area contributed by atoms with Gasteiger partial charge in [-0.1, -0.05) is 76.6 Å². The molecule has 0 aliphatic carbocycles. The Labute approximate surface area is 218 Å². The molecule has 6 heteroatoms. The lowest BCUT2D eigenvalue weighted by Gasteiger charge is -2.30. The second-order valence-corrected chi connectivity index (χ2v) is 9.25. The van der Waals surface area contributed by atoms with Gasteiger partial charge in [0, 0.05) is 25.8 Å². The number of benzene rings is 1. The van der Waals surface area contributed by atoms with E-state index in [-0.39, 0.29) is 10.8 Å². The van der Waals surface area contributed by atoms with Gasteiger partial charge in [-0.2, -0.15) is 0 Å². The van der Waals surface area contributed by atoms with Crippen LogP contribution < -0.4 is 5.32 Å². The molecule has 1 aromatic carbocycles. The molecule has 0 fully saturated rings. The van der Waals surface area contributed by atoms with E-state index in [4.69, 9.17) is 28.0 Å². The number of halogens is 3. The summed E-state index contributed by atoms with van der Waals surface area (Å²) in [5, 5.41) is 3.83. The molecule has 1 aromatic rings. The van der Waals surface area contributed by atoms with Crippen LogP contribution in [-0.2, 0) is 4.79 Å². The molecule has 0 amide bonds. The van der Waals surface area contributed by atoms with Crippen molar-refractivity contribution in [2.75, 3.05) is 25.5 Å². The molecule has 0 aromatic heterocycles. The van der Waals surface area contributed by atoms with E-state index < -0.39 is 0 Å². The number of anilines is 1. The predicted molar refractivity (Wildman–Crippen MR) is 150 cm³/mol. The van der Waals surface area contributed by atoms with Crippen LogP contribution in [0.25, 0.3) is 0 Å². The van der Waals surface area contributed by atoms with Crippen molar-refractivity contribution in [1.29, 1.82) is 0 Å². The number of hydrogen-bond acceptors (Lipinski definition) is 3. The summed E-state index contributed by atoms with van der Waals surface area (Å²) in [4.78, 5) is 11.3. The number of nitrogens with zero attached hydrogens (tertiary/aromatic N) is 1. The molecule has 0 unspecified atom stereocenters. The number of hydrogen-bond donors (Lipinski definition) is 1. The molecular formula is C28H45Cl2FN2O. The topological polar surface area (TPSA) is 32.3 Å². The van der Waals surface area contributed by atoms with Gasteiger partial charge < -0.3 is 15.0 Å². The molecule has 34 heavy (non-hydrogen) atoms. The first-order valence-electron chi connectivity index (χ1n) is 12.0. The lowest BCUT2D eigenvalue weighted by Crippen LogP contribution is -2.27. The van der Waals surface area contributed by atoms with Crippen LogP contribution in [0.2, 0.25) is 5.02 Å². The van der Waals surface area contributed by atoms with Gasteiger partial charge in [0.25, 0.3) is 0 Å². The Hall–Kier alpha value is -1.78. The van der Waals surface area contributed by atoms with Gasteiger partial charge in [-0.25, -0.2) is 4.39 Å². The summed E-state index contributed by atoms with van der Waals surface area (Å²) in [6, 6.07) is 4.49. The zero-order valence-corrected chi connectivity index (χ0v) is 23.9. The molecule has 0 aliphatic heterocycles. The number of aldehydes is 1. The molecule has 0 atom stereocenters. The third kappa shape index (κ3) is 14.5. The molecule has 0 saturated heterocycles. The van der Waals surface area contributed by atoms with Gasteiger partial charge in [0.2, 0.25) is 0 Å². The molecule has 1 N–H and O–H groups in total. The molecule has 0 radical (unpaired) electrons. The summed E-state index contributed by atoms with van der Waals surface area (Å²) in [6.45, 7) is 20.7. The smallest absolute Gasteiger partial charge is 0.141 e. The molecule has 0 bridgehead atoms. The lowest BCUT2D eigenvalue weighted by atomic mass is 9.99.